The molecule has 4 bridgehead atoms. The average molecular weight is 743 g/mol. The zero-order valence-corrected chi connectivity index (χ0v) is 31.0. The number of benzene rings is 2. The van der Waals surface area contributed by atoms with Crippen LogP contribution >= 0.6 is 0 Å². The molecule has 54 heavy (non-hydrogen) atoms. The summed E-state index contributed by atoms with van der Waals surface area (Å²) in [4.78, 5) is 46.2. The number of rotatable bonds is 8. The van der Waals surface area contributed by atoms with Gasteiger partial charge in [-0.3, -0.25) is 9.59 Å². The van der Waals surface area contributed by atoms with Gasteiger partial charge in [0.2, 0.25) is 11.8 Å². The summed E-state index contributed by atoms with van der Waals surface area (Å²) in [7, 11) is 0. The maximum atomic E-state index is 16.1. The van der Waals surface area contributed by atoms with Crippen LogP contribution in [0.15, 0.2) is 48.8 Å². The van der Waals surface area contributed by atoms with Gasteiger partial charge < -0.3 is 19.8 Å². The summed E-state index contributed by atoms with van der Waals surface area (Å²) >= 11 is 0. The van der Waals surface area contributed by atoms with Crippen LogP contribution in [0.1, 0.15) is 114 Å². The number of likely N-dealkylation sites (tertiary alicyclic amines) is 2. The largest absolute Gasteiger partial charge is 0.340 e. The second-order valence-electron chi connectivity index (χ2n) is 17.2. The lowest BCUT2D eigenvalue weighted by Gasteiger charge is -2.35. The summed E-state index contributed by atoms with van der Waals surface area (Å²) in [5.41, 5.74) is 0.0876. The molecule has 3 aliphatic carbocycles. The zero-order valence-electron chi connectivity index (χ0n) is 31.0. The molecule has 2 aliphatic heterocycles. The standard InChI is InChI=1S/C42H46F4N6O2/c1-21(2)13-35(53)51-27-9-5-25(15-27)37(51)39-47-19-33(49-39)23-7-11-29-30-12-8-24(18-32(30)42(45,46)41(43,44)31(29)17-23)34-20-48-40(50-34)38-26-6-10-28(16-26)52(38)36(54)14-22(3)4/h7-8,11-12,17-22,25-28,37-38H,5-6,9-10,13-16H2,1-4H3,(H,47,49)(H,48,50)/t25-,26-,27+,28+,37-,38-/m0/s1. The number of fused-ring (bicyclic) bond motifs is 7. The number of hydrogen-bond donors (Lipinski definition) is 2. The number of imidazole rings is 2. The van der Waals surface area contributed by atoms with Crippen LogP contribution in [-0.4, -0.2) is 53.6 Å². The van der Waals surface area contributed by atoms with Gasteiger partial charge in [-0.15, -0.1) is 0 Å². The normalized spacial score (nSPS) is 27.3. The third-order valence-corrected chi connectivity index (χ3v) is 12.7. The highest BCUT2D eigenvalue weighted by Gasteiger charge is 2.63. The molecule has 6 atom stereocenters. The Morgan fingerprint density at radius 1 is 0.685 bits per heavy atom. The quantitative estimate of drug-likeness (QED) is 0.176. The molecule has 5 aliphatic rings. The van der Waals surface area contributed by atoms with Crippen molar-refractivity contribution in [1.82, 2.24) is 29.7 Å². The predicted octanol–water partition coefficient (Wildman–Crippen LogP) is 9.53. The SMILES string of the molecule is CC(C)CC(=O)N1[C@@H]2CC[C@@H](C2)[C@H]1c1ncc(-c2ccc3c(c2)C(F)(F)C(F)(F)c2cc(-c4cnc([C@@H]5[C@H]6CC[C@H](C6)N5C(=O)CC(C)C)[nH]4)ccc2-3)[nH]1. The molecule has 0 unspecified atom stereocenters. The molecule has 2 aromatic heterocycles. The van der Waals surface area contributed by atoms with Crippen LogP contribution in [0.3, 0.4) is 0 Å². The van der Waals surface area contributed by atoms with E-state index in [9.17, 15) is 9.59 Å². The number of nitrogens with zero attached hydrogens (tertiary/aromatic N) is 4. The Morgan fingerprint density at radius 3 is 1.48 bits per heavy atom. The van der Waals surface area contributed by atoms with E-state index in [0.717, 1.165) is 50.7 Å². The van der Waals surface area contributed by atoms with E-state index in [0.29, 0.717) is 47.0 Å². The highest BCUT2D eigenvalue weighted by Crippen LogP contribution is 2.59. The molecular formula is C42H46F4N6O2. The number of amides is 2. The van der Waals surface area contributed by atoms with Crippen LogP contribution < -0.4 is 0 Å². The number of carbonyl (C=O) groups excluding carboxylic acids is 2. The number of hydrogen-bond acceptors (Lipinski definition) is 4. The van der Waals surface area contributed by atoms with Crippen LogP contribution in [0.4, 0.5) is 17.6 Å². The van der Waals surface area contributed by atoms with E-state index in [-0.39, 0.29) is 70.8 Å². The minimum Gasteiger partial charge on any atom is -0.340 e. The van der Waals surface area contributed by atoms with Crippen molar-refractivity contribution in [1.29, 1.82) is 0 Å². The third-order valence-electron chi connectivity index (χ3n) is 12.7. The van der Waals surface area contributed by atoms with Gasteiger partial charge in [-0.1, -0.05) is 52.0 Å². The fourth-order valence-corrected chi connectivity index (χ4v) is 10.3. The summed E-state index contributed by atoms with van der Waals surface area (Å²) in [5, 5.41) is 0. The topological polar surface area (TPSA) is 98.0 Å². The van der Waals surface area contributed by atoms with Gasteiger partial charge in [0.15, 0.2) is 0 Å². The first-order valence-corrected chi connectivity index (χ1v) is 19.5. The van der Waals surface area contributed by atoms with E-state index < -0.39 is 23.0 Å². The average Bonchev–Trinajstić information content (AvgIpc) is 3.98. The molecule has 8 nitrogen and oxygen atoms in total. The van der Waals surface area contributed by atoms with Crippen LogP contribution in [0.25, 0.3) is 33.6 Å². The van der Waals surface area contributed by atoms with Gasteiger partial charge in [-0.25, -0.2) is 9.97 Å². The van der Waals surface area contributed by atoms with Crippen molar-refractivity contribution >= 4 is 11.8 Å². The van der Waals surface area contributed by atoms with Crippen molar-refractivity contribution in [2.45, 2.75) is 115 Å². The smallest absolute Gasteiger partial charge is 0.340 e. The highest BCUT2D eigenvalue weighted by molar-refractivity contribution is 5.82. The van der Waals surface area contributed by atoms with Crippen molar-refractivity contribution < 1.29 is 27.2 Å². The summed E-state index contributed by atoms with van der Waals surface area (Å²) in [6.45, 7) is 8.06. The Labute approximate surface area is 312 Å². The number of alkyl halides is 4. The van der Waals surface area contributed by atoms with E-state index in [1.54, 1.807) is 24.5 Å². The molecular weight excluding hydrogens is 696 g/mol. The lowest BCUT2D eigenvalue weighted by molar-refractivity contribution is -0.225. The fraction of sp³-hybridized carbons (Fsp3) is 0.524. The van der Waals surface area contributed by atoms with Crippen molar-refractivity contribution in [3.63, 3.8) is 0 Å². The monoisotopic (exact) mass is 742 g/mol. The Hall–Kier alpha value is -4.48. The fourth-order valence-electron chi connectivity index (χ4n) is 10.3. The van der Waals surface area contributed by atoms with Gasteiger partial charge in [0.1, 0.15) is 11.6 Å². The molecule has 4 aromatic rings. The molecule has 4 fully saturated rings. The van der Waals surface area contributed by atoms with Gasteiger partial charge >= 0.3 is 11.8 Å². The van der Waals surface area contributed by atoms with Gasteiger partial charge in [-0.2, -0.15) is 17.6 Å². The summed E-state index contributed by atoms with van der Waals surface area (Å²) < 4.78 is 64.4. The van der Waals surface area contributed by atoms with Crippen LogP contribution in [0, 0.1) is 23.7 Å². The second kappa shape index (κ2) is 12.5. The van der Waals surface area contributed by atoms with Gasteiger partial charge in [0, 0.05) is 47.2 Å². The van der Waals surface area contributed by atoms with Crippen LogP contribution in [0.5, 0.6) is 0 Å². The summed E-state index contributed by atoms with van der Waals surface area (Å²) in [6, 6.07) is 8.43. The van der Waals surface area contributed by atoms with Gasteiger partial charge in [-0.05, 0) is 85.5 Å². The van der Waals surface area contributed by atoms with E-state index in [2.05, 4.69) is 19.9 Å². The molecule has 0 radical (unpaired) electrons. The molecule has 12 heteroatoms. The van der Waals surface area contributed by atoms with Crippen LogP contribution in [0.2, 0.25) is 0 Å². The first kappa shape index (κ1) is 35.2. The Bertz CT molecular complexity index is 1990. The molecule has 2 saturated heterocycles. The molecule has 284 valence electrons. The third kappa shape index (κ3) is 5.36. The molecule has 2 N–H and O–H groups in total. The number of halogens is 4. The Morgan fingerprint density at radius 2 is 1.09 bits per heavy atom. The van der Waals surface area contributed by atoms with Crippen LogP contribution in [-0.2, 0) is 21.4 Å². The van der Waals surface area contributed by atoms with E-state index in [1.165, 1.54) is 12.1 Å². The molecule has 0 spiro atoms. The zero-order chi connectivity index (χ0) is 37.8. The predicted molar refractivity (Wildman–Crippen MR) is 195 cm³/mol. The maximum absolute atomic E-state index is 16.1. The Kier molecular flexibility index (Phi) is 8.17. The first-order chi connectivity index (χ1) is 25.7. The van der Waals surface area contributed by atoms with E-state index >= 15 is 17.6 Å². The van der Waals surface area contributed by atoms with E-state index in [4.69, 9.17) is 0 Å². The van der Waals surface area contributed by atoms with E-state index in [1.807, 2.05) is 37.5 Å². The van der Waals surface area contributed by atoms with Crippen molar-refractivity contribution in [3.05, 3.63) is 71.6 Å². The Balaban J connectivity index is 1.02. The number of aromatic nitrogens is 4. The summed E-state index contributed by atoms with van der Waals surface area (Å²) in [5.74, 6) is -6.68. The molecule has 4 heterocycles. The second-order valence-corrected chi connectivity index (χ2v) is 17.2. The molecule has 9 rings (SSSR count). The van der Waals surface area contributed by atoms with Gasteiger partial charge in [0.05, 0.1) is 35.9 Å². The minimum absolute atomic E-state index is 0.0427. The number of carbonyl (C=O) groups is 2. The number of piperidine rings is 2. The minimum atomic E-state index is -4.50. The van der Waals surface area contributed by atoms with Crippen molar-refractivity contribution in [2.24, 2.45) is 23.7 Å². The molecule has 2 aromatic carbocycles. The van der Waals surface area contributed by atoms with Gasteiger partial charge in [0.25, 0.3) is 0 Å². The highest BCUT2D eigenvalue weighted by atomic mass is 19.3. The molecule has 2 amide bonds. The first-order valence-electron chi connectivity index (χ1n) is 19.5. The number of H-pyrrole nitrogens is 2. The van der Waals surface area contributed by atoms with Crippen molar-refractivity contribution in [2.75, 3.05) is 0 Å². The van der Waals surface area contributed by atoms with Crippen molar-refractivity contribution in [3.8, 4) is 33.6 Å². The maximum Gasteiger partial charge on any atom is 0.340 e. The summed E-state index contributed by atoms with van der Waals surface area (Å²) in [6.07, 6.45) is 9.67. The molecule has 2 saturated carbocycles. The number of aromatic amines is 2. The lowest BCUT2D eigenvalue weighted by Crippen LogP contribution is -2.41. The lowest BCUT2D eigenvalue weighted by atomic mass is 9.79. The number of nitrogens with one attached hydrogen (secondary N) is 2.